The summed E-state index contributed by atoms with van der Waals surface area (Å²) in [6.07, 6.45) is 0.416. The van der Waals surface area contributed by atoms with E-state index in [-0.39, 0.29) is 11.3 Å². The van der Waals surface area contributed by atoms with Crippen LogP contribution in [0.5, 0.6) is 0 Å². The molecule has 2 fully saturated rings. The Morgan fingerprint density at radius 3 is 2.61 bits per heavy atom. The van der Waals surface area contributed by atoms with Crippen LogP contribution in [0.4, 0.5) is 4.79 Å². The Balaban J connectivity index is 1.90. The fourth-order valence-electron chi connectivity index (χ4n) is 1.86. The van der Waals surface area contributed by atoms with Crippen LogP contribution in [0.15, 0.2) is 0 Å². The van der Waals surface area contributed by atoms with E-state index in [0.29, 0.717) is 0 Å². The minimum absolute atomic E-state index is 0.0741. The van der Waals surface area contributed by atoms with Crippen molar-refractivity contribution in [1.82, 2.24) is 5.32 Å². The molecule has 7 heteroatoms. The minimum Gasteiger partial charge on any atom is -0.444 e. The molecular formula is C11H19NO5S. The molecule has 0 bridgehead atoms. The van der Waals surface area contributed by atoms with Gasteiger partial charge in [0.1, 0.15) is 10.9 Å². The van der Waals surface area contributed by atoms with Gasteiger partial charge in [-0.05, 0) is 32.9 Å². The van der Waals surface area contributed by atoms with Gasteiger partial charge < -0.3 is 14.8 Å². The zero-order valence-electron chi connectivity index (χ0n) is 11.0. The number of hydrogen-bond acceptors (Lipinski definition) is 6. The highest BCUT2D eigenvalue weighted by molar-refractivity contribution is 8.00. The standard InChI is InChI=1S/C11H19NO5S/c1-10(2,3)15-9(13)12-7-5-6-18-8(7)11(14-4)16-17-11/h7-8H,5-6H2,1-4H3,(H,12,13). The summed E-state index contributed by atoms with van der Waals surface area (Å²) in [7, 11) is 1.52. The average Bonchev–Trinajstić information content (AvgIpc) is 2.90. The Morgan fingerprint density at radius 2 is 2.11 bits per heavy atom. The molecular weight excluding hydrogens is 258 g/mol. The van der Waals surface area contributed by atoms with Gasteiger partial charge >= 0.3 is 12.1 Å². The fraction of sp³-hybridized carbons (Fsp3) is 0.909. The number of rotatable bonds is 3. The Bertz CT molecular complexity index is 326. The van der Waals surface area contributed by atoms with Crippen molar-refractivity contribution in [2.45, 2.75) is 50.1 Å². The predicted molar refractivity (Wildman–Crippen MR) is 65.9 cm³/mol. The van der Waals surface area contributed by atoms with Crippen LogP contribution in [0.2, 0.25) is 0 Å². The maximum absolute atomic E-state index is 11.7. The SMILES string of the molecule is COC1(C2SCCC2NC(=O)OC(C)(C)C)OO1. The van der Waals surface area contributed by atoms with E-state index in [4.69, 9.17) is 19.2 Å². The zero-order valence-corrected chi connectivity index (χ0v) is 11.8. The highest BCUT2D eigenvalue weighted by Crippen LogP contribution is 2.46. The maximum Gasteiger partial charge on any atom is 0.407 e. The topological polar surface area (TPSA) is 72.6 Å². The molecule has 2 rings (SSSR count). The largest absolute Gasteiger partial charge is 0.444 e. The monoisotopic (exact) mass is 277 g/mol. The summed E-state index contributed by atoms with van der Waals surface area (Å²) in [6, 6.07) is -0.0766. The van der Waals surface area contributed by atoms with Crippen molar-refractivity contribution in [3.8, 4) is 0 Å². The van der Waals surface area contributed by atoms with Crippen LogP contribution in [-0.4, -0.2) is 41.8 Å². The summed E-state index contributed by atoms with van der Waals surface area (Å²) in [6.45, 7) is 5.49. The van der Waals surface area contributed by atoms with Crippen molar-refractivity contribution >= 4 is 17.9 Å². The molecule has 104 valence electrons. The van der Waals surface area contributed by atoms with E-state index in [9.17, 15) is 4.79 Å². The van der Waals surface area contributed by atoms with Gasteiger partial charge in [0.2, 0.25) is 0 Å². The van der Waals surface area contributed by atoms with Gasteiger partial charge in [-0.3, -0.25) is 0 Å². The third-order valence-electron chi connectivity index (χ3n) is 2.67. The molecule has 0 radical (unpaired) electrons. The smallest absolute Gasteiger partial charge is 0.407 e. The van der Waals surface area contributed by atoms with Crippen molar-refractivity contribution in [2.24, 2.45) is 0 Å². The predicted octanol–water partition coefficient (Wildman–Crippen LogP) is 1.65. The summed E-state index contributed by atoms with van der Waals surface area (Å²) >= 11 is 1.66. The average molecular weight is 277 g/mol. The van der Waals surface area contributed by atoms with Crippen LogP contribution in [0, 0.1) is 0 Å². The van der Waals surface area contributed by atoms with E-state index >= 15 is 0 Å². The van der Waals surface area contributed by atoms with Crippen LogP contribution in [0.3, 0.4) is 0 Å². The van der Waals surface area contributed by atoms with Crippen molar-refractivity contribution < 1.29 is 24.0 Å². The Labute approximate surface area is 111 Å². The highest BCUT2D eigenvalue weighted by atomic mass is 32.2. The van der Waals surface area contributed by atoms with E-state index in [0.717, 1.165) is 12.2 Å². The number of amides is 1. The molecule has 2 atom stereocenters. The Morgan fingerprint density at radius 1 is 1.44 bits per heavy atom. The second-order valence-electron chi connectivity index (χ2n) is 5.31. The molecule has 0 aromatic carbocycles. The molecule has 1 amide bonds. The van der Waals surface area contributed by atoms with Gasteiger partial charge in [0.15, 0.2) is 0 Å². The van der Waals surface area contributed by atoms with E-state index in [2.05, 4.69) is 5.32 Å². The first-order valence-electron chi connectivity index (χ1n) is 5.89. The number of hydrogen-bond donors (Lipinski definition) is 1. The Hall–Kier alpha value is -0.500. The fourth-order valence-corrected chi connectivity index (χ4v) is 3.32. The minimum atomic E-state index is -0.999. The van der Waals surface area contributed by atoms with Gasteiger partial charge in [0, 0.05) is 7.11 Å². The van der Waals surface area contributed by atoms with Gasteiger partial charge in [-0.25, -0.2) is 4.79 Å². The third kappa shape index (κ3) is 3.09. The number of carbonyl (C=O) groups excluding carboxylic acids is 1. The van der Waals surface area contributed by atoms with Crippen LogP contribution in [0.25, 0.3) is 0 Å². The number of methoxy groups -OCH3 is 1. The molecule has 2 heterocycles. The van der Waals surface area contributed by atoms with Gasteiger partial charge in [-0.15, -0.1) is 11.8 Å². The lowest BCUT2D eigenvalue weighted by molar-refractivity contribution is -0.0272. The second kappa shape index (κ2) is 4.88. The summed E-state index contributed by atoms with van der Waals surface area (Å²) in [4.78, 5) is 21.5. The van der Waals surface area contributed by atoms with Gasteiger partial charge in [0.05, 0.1) is 6.04 Å². The molecule has 2 saturated heterocycles. The number of alkyl carbamates (subject to hydrolysis) is 1. The number of ether oxygens (including phenoxy) is 2. The number of nitrogens with one attached hydrogen (secondary N) is 1. The van der Waals surface area contributed by atoms with Crippen molar-refractivity contribution in [2.75, 3.05) is 12.9 Å². The van der Waals surface area contributed by atoms with E-state index in [1.807, 2.05) is 20.8 Å². The first kappa shape index (κ1) is 13.9. The van der Waals surface area contributed by atoms with E-state index in [1.54, 1.807) is 11.8 Å². The normalized spacial score (nSPS) is 30.0. The lowest BCUT2D eigenvalue weighted by Crippen LogP contribution is -2.47. The summed E-state index contributed by atoms with van der Waals surface area (Å²) < 4.78 is 10.4. The number of thioether (sulfide) groups is 1. The molecule has 2 aliphatic rings. The summed E-state index contributed by atoms with van der Waals surface area (Å²) in [5, 5.41) is 2.77. The first-order chi connectivity index (χ1) is 8.36. The molecule has 6 nitrogen and oxygen atoms in total. The molecule has 2 aliphatic heterocycles. The maximum atomic E-state index is 11.7. The molecule has 1 N–H and O–H groups in total. The lowest BCUT2D eigenvalue weighted by atomic mass is 10.1. The van der Waals surface area contributed by atoms with Crippen LogP contribution in [0.1, 0.15) is 27.2 Å². The molecule has 2 unspecified atom stereocenters. The zero-order chi connectivity index (χ0) is 13.4. The summed E-state index contributed by atoms with van der Waals surface area (Å²) in [5.41, 5.74) is -0.503. The van der Waals surface area contributed by atoms with Crippen molar-refractivity contribution in [1.29, 1.82) is 0 Å². The second-order valence-corrected chi connectivity index (χ2v) is 6.56. The molecule has 0 aliphatic carbocycles. The van der Waals surface area contributed by atoms with Crippen molar-refractivity contribution in [3.05, 3.63) is 0 Å². The number of carbonyl (C=O) groups is 1. The van der Waals surface area contributed by atoms with E-state index in [1.165, 1.54) is 7.11 Å². The molecule has 0 spiro atoms. The van der Waals surface area contributed by atoms with Gasteiger partial charge in [0.25, 0.3) is 0 Å². The highest BCUT2D eigenvalue weighted by Gasteiger charge is 2.61. The van der Waals surface area contributed by atoms with Crippen LogP contribution < -0.4 is 5.32 Å². The van der Waals surface area contributed by atoms with Crippen molar-refractivity contribution in [3.63, 3.8) is 0 Å². The van der Waals surface area contributed by atoms with E-state index < -0.39 is 17.7 Å². The van der Waals surface area contributed by atoms with Crippen LogP contribution >= 0.6 is 11.8 Å². The van der Waals surface area contributed by atoms with Gasteiger partial charge in [-0.1, -0.05) is 0 Å². The third-order valence-corrected chi connectivity index (χ3v) is 4.12. The summed E-state index contributed by atoms with van der Waals surface area (Å²) in [5.74, 6) is -0.0796. The first-order valence-corrected chi connectivity index (χ1v) is 6.94. The molecule has 0 aromatic heterocycles. The quantitative estimate of drug-likeness (QED) is 0.624. The van der Waals surface area contributed by atoms with Gasteiger partial charge in [-0.2, -0.15) is 9.78 Å². The lowest BCUT2D eigenvalue weighted by Gasteiger charge is -2.24. The molecule has 0 saturated carbocycles. The molecule has 0 aromatic rings. The Kier molecular flexibility index (Phi) is 3.77. The molecule has 18 heavy (non-hydrogen) atoms. The van der Waals surface area contributed by atoms with Crippen LogP contribution in [-0.2, 0) is 19.2 Å².